The van der Waals surface area contributed by atoms with Crippen LogP contribution in [0.2, 0.25) is 0 Å². The third-order valence-corrected chi connectivity index (χ3v) is 7.36. The maximum Gasteiger partial charge on any atom is 0.422 e. The first kappa shape index (κ1) is 35.3. The normalized spacial score (nSPS) is 21.0. The van der Waals surface area contributed by atoms with E-state index in [0.29, 0.717) is 24.0 Å². The van der Waals surface area contributed by atoms with E-state index in [9.17, 15) is 27.6 Å². The summed E-state index contributed by atoms with van der Waals surface area (Å²) in [5, 5.41) is 11.8. The second-order valence-corrected chi connectivity index (χ2v) is 11.0. The molecular formula is C32H42F3NO8. The zero-order valence-corrected chi connectivity index (χ0v) is 25.2. The molecule has 1 fully saturated rings. The van der Waals surface area contributed by atoms with Crippen molar-refractivity contribution in [1.29, 1.82) is 0 Å². The van der Waals surface area contributed by atoms with Crippen LogP contribution in [-0.2, 0) is 28.5 Å². The number of carbonyl (C=O) groups is 3. The van der Waals surface area contributed by atoms with Gasteiger partial charge in [0.25, 0.3) is 0 Å². The van der Waals surface area contributed by atoms with Crippen LogP contribution in [0.4, 0.5) is 13.2 Å². The van der Waals surface area contributed by atoms with Crippen molar-refractivity contribution >= 4 is 23.9 Å². The number of benzene rings is 1. The highest BCUT2D eigenvalue weighted by atomic mass is 19.4. The van der Waals surface area contributed by atoms with Crippen LogP contribution in [0.15, 0.2) is 42.0 Å². The van der Waals surface area contributed by atoms with Crippen molar-refractivity contribution in [3.63, 3.8) is 0 Å². The standard InChI is InChI=1S/C32H42F3NO8/c1-3-5-7-14-31(15-8-6-4-2)43-26-20-24(29(39)36-16-17-37)19-25(28(26)44-31)42-30(40)23-11-9-10-22(18-23)12-13-27(38)41-21-32(33,34)35/h9-13,18,20,25-26,28,37H,3-8,14-17,19,21H2,1-2H3,(H,36,39). The number of esters is 2. The number of hydrogen-bond acceptors (Lipinski definition) is 8. The molecule has 3 rings (SSSR count). The van der Waals surface area contributed by atoms with Crippen LogP contribution in [0.25, 0.3) is 6.08 Å². The molecule has 9 nitrogen and oxygen atoms in total. The first-order valence-corrected chi connectivity index (χ1v) is 15.2. The van der Waals surface area contributed by atoms with Crippen molar-refractivity contribution < 1.29 is 51.6 Å². The van der Waals surface area contributed by atoms with Crippen molar-refractivity contribution in [3.05, 3.63) is 53.1 Å². The predicted octanol–water partition coefficient (Wildman–Crippen LogP) is 5.41. The highest BCUT2D eigenvalue weighted by Crippen LogP contribution is 2.43. The maximum absolute atomic E-state index is 13.3. The zero-order chi connectivity index (χ0) is 32.2. The first-order valence-electron chi connectivity index (χ1n) is 15.2. The molecule has 1 heterocycles. The number of fused-ring (bicyclic) bond motifs is 1. The molecule has 2 aliphatic rings. The topological polar surface area (TPSA) is 120 Å². The van der Waals surface area contributed by atoms with Gasteiger partial charge in [0.15, 0.2) is 12.4 Å². The predicted molar refractivity (Wildman–Crippen MR) is 155 cm³/mol. The van der Waals surface area contributed by atoms with Gasteiger partial charge in [-0.25, -0.2) is 9.59 Å². The SMILES string of the molecule is CCCCCC1(CCCCC)OC2C=C(C(=O)NCCO)CC(OC(=O)c3cccc(C=CC(=O)OCC(F)(F)F)c3)C2O1. The van der Waals surface area contributed by atoms with Gasteiger partial charge in [0.05, 0.1) is 12.2 Å². The van der Waals surface area contributed by atoms with Crippen molar-refractivity contribution in [3.8, 4) is 0 Å². The lowest BCUT2D eigenvalue weighted by molar-refractivity contribution is -0.190. The number of unbranched alkanes of at least 4 members (excludes halogenated alkanes) is 4. The number of hydrogen-bond donors (Lipinski definition) is 2. The van der Waals surface area contributed by atoms with Gasteiger partial charge in [-0.1, -0.05) is 51.7 Å². The summed E-state index contributed by atoms with van der Waals surface area (Å²) < 4.78 is 60.1. The largest absolute Gasteiger partial charge is 0.456 e. The van der Waals surface area contributed by atoms with E-state index in [0.717, 1.165) is 44.6 Å². The summed E-state index contributed by atoms with van der Waals surface area (Å²) in [5.41, 5.74) is 0.845. The number of aliphatic hydroxyl groups is 1. The van der Waals surface area contributed by atoms with E-state index in [1.807, 2.05) is 0 Å². The van der Waals surface area contributed by atoms with E-state index in [1.165, 1.54) is 24.3 Å². The summed E-state index contributed by atoms with van der Waals surface area (Å²) >= 11 is 0. The van der Waals surface area contributed by atoms with Gasteiger partial charge in [0.2, 0.25) is 5.91 Å². The summed E-state index contributed by atoms with van der Waals surface area (Å²) in [6.07, 6.45) is 4.25. The van der Waals surface area contributed by atoms with Crippen molar-refractivity contribution in [2.75, 3.05) is 19.8 Å². The van der Waals surface area contributed by atoms with Crippen LogP contribution >= 0.6 is 0 Å². The molecular weight excluding hydrogens is 583 g/mol. The molecule has 12 heteroatoms. The Morgan fingerprint density at radius 2 is 1.80 bits per heavy atom. The molecule has 1 aromatic rings. The summed E-state index contributed by atoms with van der Waals surface area (Å²) in [6.45, 7) is 2.35. The summed E-state index contributed by atoms with van der Waals surface area (Å²) in [7, 11) is 0. The fraction of sp³-hybridized carbons (Fsp3) is 0.594. The van der Waals surface area contributed by atoms with Crippen LogP contribution in [0.3, 0.4) is 0 Å². The van der Waals surface area contributed by atoms with Crippen LogP contribution in [0, 0.1) is 0 Å². The average molecular weight is 626 g/mol. The Kier molecular flexibility index (Phi) is 13.4. The number of carbonyl (C=O) groups excluding carboxylic acids is 3. The molecule has 1 aliphatic carbocycles. The second-order valence-electron chi connectivity index (χ2n) is 11.0. The zero-order valence-electron chi connectivity index (χ0n) is 25.2. The second kappa shape index (κ2) is 16.7. The number of ether oxygens (including phenoxy) is 4. The number of aliphatic hydroxyl groups excluding tert-OH is 1. The molecule has 1 aliphatic heterocycles. The molecule has 0 saturated carbocycles. The summed E-state index contributed by atoms with van der Waals surface area (Å²) in [6, 6.07) is 6.02. The number of halogens is 3. The third kappa shape index (κ3) is 10.7. The maximum atomic E-state index is 13.3. The Labute approximate surface area is 255 Å². The van der Waals surface area contributed by atoms with Crippen molar-refractivity contribution in [2.24, 2.45) is 0 Å². The van der Waals surface area contributed by atoms with E-state index in [-0.39, 0.29) is 25.1 Å². The fourth-order valence-corrected chi connectivity index (χ4v) is 5.22. The Morgan fingerprint density at radius 3 is 2.43 bits per heavy atom. The van der Waals surface area contributed by atoms with E-state index in [4.69, 9.17) is 19.3 Å². The molecule has 3 atom stereocenters. The van der Waals surface area contributed by atoms with Gasteiger partial charge >= 0.3 is 18.1 Å². The van der Waals surface area contributed by atoms with Crippen molar-refractivity contribution in [2.45, 2.75) is 102 Å². The Balaban J connectivity index is 1.79. The molecule has 3 unspecified atom stereocenters. The molecule has 1 amide bonds. The Hall–Kier alpha value is -3.22. The van der Waals surface area contributed by atoms with Crippen LogP contribution in [-0.4, -0.2) is 73.0 Å². The third-order valence-electron chi connectivity index (χ3n) is 7.36. The van der Waals surface area contributed by atoms with E-state index in [1.54, 1.807) is 12.1 Å². The number of alkyl halides is 3. The smallest absolute Gasteiger partial charge is 0.422 e. The lowest BCUT2D eigenvalue weighted by atomic mass is 9.91. The van der Waals surface area contributed by atoms with Crippen LogP contribution in [0.5, 0.6) is 0 Å². The lowest BCUT2D eigenvalue weighted by Crippen LogP contribution is -2.43. The highest BCUT2D eigenvalue weighted by Gasteiger charge is 2.52. The van der Waals surface area contributed by atoms with Gasteiger partial charge in [0.1, 0.15) is 18.3 Å². The molecule has 0 aromatic heterocycles. The van der Waals surface area contributed by atoms with Crippen LogP contribution < -0.4 is 5.32 Å². The summed E-state index contributed by atoms with van der Waals surface area (Å²) in [4.78, 5) is 37.8. The molecule has 1 aromatic carbocycles. The van der Waals surface area contributed by atoms with Crippen molar-refractivity contribution in [1.82, 2.24) is 5.32 Å². The molecule has 0 bridgehead atoms. The molecule has 0 radical (unpaired) electrons. The van der Waals surface area contributed by atoms with E-state index in [2.05, 4.69) is 23.9 Å². The Morgan fingerprint density at radius 1 is 1.09 bits per heavy atom. The van der Waals surface area contributed by atoms with Gasteiger partial charge in [-0.05, 0) is 42.7 Å². The molecule has 1 saturated heterocycles. The summed E-state index contributed by atoms with van der Waals surface area (Å²) in [5.74, 6) is -3.16. The van der Waals surface area contributed by atoms with Gasteiger partial charge in [0, 0.05) is 37.5 Å². The lowest BCUT2D eigenvalue weighted by Gasteiger charge is -2.31. The van der Waals surface area contributed by atoms with E-state index < -0.39 is 54.7 Å². The number of amides is 1. The number of rotatable bonds is 16. The minimum atomic E-state index is -4.64. The van der Waals surface area contributed by atoms with E-state index >= 15 is 0 Å². The monoisotopic (exact) mass is 625 g/mol. The van der Waals surface area contributed by atoms with Gasteiger partial charge in [-0.15, -0.1) is 0 Å². The minimum absolute atomic E-state index is 0.0636. The molecule has 2 N–H and O–H groups in total. The molecule has 0 spiro atoms. The fourth-order valence-electron chi connectivity index (χ4n) is 5.22. The highest BCUT2D eigenvalue weighted by molar-refractivity contribution is 5.94. The quantitative estimate of drug-likeness (QED) is 0.142. The van der Waals surface area contributed by atoms with Gasteiger partial charge < -0.3 is 29.4 Å². The Bertz CT molecular complexity index is 1170. The van der Waals surface area contributed by atoms with Crippen LogP contribution in [0.1, 0.15) is 87.6 Å². The van der Waals surface area contributed by atoms with Gasteiger partial charge in [-0.3, -0.25) is 4.79 Å². The first-order chi connectivity index (χ1) is 21.0. The number of nitrogens with one attached hydrogen (secondary N) is 1. The minimum Gasteiger partial charge on any atom is -0.456 e. The molecule has 44 heavy (non-hydrogen) atoms. The average Bonchev–Trinajstić information content (AvgIpc) is 3.36. The molecule has 244 valence electrons. The van der Waals surface area contributed by atoms with Gasteiger partial charge in [-0.2, -0.15) is 13.2 Å².